The summed E-state index contributed by atoms with van der Waals surface area (Å²) in [5.41, 5.74) is 0.841. The second-order valence-corrected chi connectivity index (χ2v) is 1.96. The Kier molecular flexibility index (Phi) is 1.34. The van der Waals surface area contributed by atoms with Crippen molar-refractivity contribution in [2.24, 2.45) is 7.05 Å². The lowest BCUT2D eigenvalue weighted by Crippen LogP contribution is -2.08. The molecule has 0 N–H and O–H groups in total. The normalized spacial score (nSPS) is 9.56. The molecular formula is C6H8N2O. The highest BCUT2D eigenvalue weighted by Crippen LogP contribution is 1.83. The largest absolute Gasteiger partial charge is 0.288 e. The molecule has 0 fully saturated rings. The van der Waals surface area contributed by atoms with Gasteiger partial charge in [0.25, 0.3) is 0 Å². The molecule has 1 aromatic rings. The first-order valence-electron chi connectivity index (χ1n) is 2.70. The van der Waals surface area contributed by atoms with E-state index in [-0.39, 0.29) is 5.43 Å². The molecule has 0 aliphatic heterocycles. The fraction of sp³-hybridized carbons (Fsp3) is 0.333. The van der Waals surface area contributed by atoms with Crippen molar-refractivity contribution in [1.29, 1.82) is 0 Å². The van der Waals surface area contributed by atoms with Gasteiger partial charge in [-0.2, -0.15) is 5.10 Å². The van der Waals surface area contributed by atoms with Crippen LogP contribution < -0.4 is 5.43 Å². The van der Waals surface area contributed by atoms with Gasteiger partial charge in [0.1, 0.15) is 0 Å². The summed E-state index contributed by atoms with van der Waals surface area (Å²) in [6.07, 6.45) is 1.30. The van der Waals surface area contributed by atoms with Crippen LogP contribution in [-0.4, -0.2) is 9.78 Å². The average Bonchev–Trinajstić information content (AvgIpc) is 1.80. The van der Waals surface area contributed by atoms with Gasteiger partial charge in [-0.25, -0.2) is 0 Å². The third kappa shape index (κ3) is 1.16. The van der Waals surface area contributed by atoms with Crippen LogP contribution in [-0.2, 0) is 7.05 Å². The summed E-state index contributed by atoms with van der Waals surface area (Å²) >= 11 is 0. The summed E-state index contributed by atoms with van der Waals surface area (Å²) < 4.78 is 1.65. The molecular weight excluding hydrogens is 116 g/mol. The van der Waals surface area contributed by atoms with Crippen molar-refractivity contribution >= 4 is 0 Å². The van der Waals surface area contributed by atoms with Crippen molar-refractivity contribution in [1.82, 2.24) is 9.78 Å². The summed E-state index contributed by atoms with van der Waals surface area (Å²) in [4.78, 5) is 10.6. The van der Waals surface area contributed by atoms with Crippen molar-refractivity contribution in [2.75, 3.05) is 0 Å². The van der Waals surface area contributed by atoms with Crippen molar-refractivity contribution in [2.45, 2.75) is 6.92 Å². The SMILES string of the molecule is Cc1cc(=O)cnn1C. The summed E-state index contributed by atoms with van der Waals surface area (Å²) in [6.45, 7) is 1.84. The molecule has 0 aliphatic rings. The molecule has 1 heterocycles. The predicted octanol–water partition coefficient (Wildman–Crippen LogP) is 0.0887. The quantitative estimate of drug-likeness (QED) is 0.491. The minimum atomic E-state index is -0.0365. The summed E-state index contributed by atoms with van der Waals surface area (Å²) in [5.74, 6) is 0. The molecule has 3 nitrogen and oxygen atoms in total. The number of rotatable bonds is 0. The van der Waals surface area contributed by atoms with E-state index in [1.165, 1.54) is 6.20 Å². The van der Waals surface area contributed by atoms with Crippen molar-refractivity contribution in [3.05, 3.63) is 28.2 Å². The van der Waals surface area contributed by atoms with Gasteiger partial charge in [-0.05, 0) is 6.92 Å². The van der Waals surface area contributed by atoms with Crippen molar-refractivity contribution in [3.8, 4) is 0 Å². The minimum absolute atomic E-state index is 0.0365. The van der Waals surface area contributed by atoms with Crippen LogP contribution in [0.15, 0.2) is 17.1 Å². The molecule has 3 heteroatoms. The number of hydrogen-bond acceptors (Lipinski definition) is 2. The first-order chi connectivity index (χ1) is 4.20. The van der Waals surface area contributed by atoms with E-state index in [9.17, 15) is 4.79 Å². The smallest absolute Gasteiger partial charge is 0.200 e. The average molecular weight is 124 g/mol. The molecule has 0 atom stereocenters. The van der Waals surface area contributed by atoms with Crippen LogP contribution in [0.5, 0.6) is 0 Å². The molecule has 0 unspecified atom stereocenters. The van der Waals surface area contributed by atoms with E-state index in [2.05, 4.69) is 5.10 Å². The van der Waals surface area contributed by atoms with Crippen molar-refractivity contribution < 1.29 is 0 Å². The molecule has 0 amide bonds. The van der Waals surface area contributed by atoms with Gasteiger partial charge < -0.3 is 0 Å². The molecule has 0 bridgehead atoms. The second kappa shape index (κ2) is 2.01. The third-order valence-electron chi connectivity index (χ3n) is 1.22. The lowest BCUT2D eigenvalue weighted by atomic mass is 10.4. The Balaban J connectivity index is 3.34. The lowest BCUT2D eigenvalue weighted by Gasteiger charge is -1.97. The maximum absolute atomic E-state index is 10.6. The van der Waals surface area contributed by atoms with Crippen LogP contribution in [0.2, 0.25) is 0 Å². The maximum atomic E-state index is 10.6. The Labute approximate surface area is 52.9 Å². The van der Waals surface area contributed by atoms with Gasteiger partial charge in [-0.1, -0.05) is 0 Å². The maximum Gasteiger partial charge on any atom is 0.200 e. The Morgan fingerprint density at radius 2 is 2.33 bits per heavy atom. The van der Waals surface area contributed by atoms with Crippen LogP contribution in [0.4, 0.5) is 0 Å². The number of aromatic nitrogens is 2. The molecule has 0 saturated carbocycles. The molecule has 48 valence electrons. The standard InChI is InChI=1S/C6H8N2O/c1-5-3-6(9)4-7-8(5)2/h3-4H,1-2H3. The van der Waals surface area contributed by atoms with Gasteiger partial charge in [0.15, 0.2) is 5.43 Å². The van der Waals surface area contributed by atoms with Crippen LogP contribution in [0.3, 0.4) is 0 Å². The molecule has 0 aromatic carbocycles. The van der Waals surface area contributed by atoms with Gasteiger partial charge in [-0.3, -0.25) is 9.48 Å². The lowest BCUT2D eigenvalue weighted by molar-refractivity contribution is 0.704. The van der Waals surface area contributed by atoms with Crippen LogP contribution in [0.25, 0.3) is 0 Å². The first-order valence-corrected chi connectivity index (χ1v) is 2.70. The monoisotopic (exact) mass is 124 g/mol. The number of aryl methyl sites for hydroxylation is 2. The van der Waals surface area contributed by atoms with E-state index in [0.717, 1.165) is 5.69 Å². The fourth-order valence-electron chi connectivity index (χ4n) is 0.571. The number of hydrogen-bond donors (Lipinski definition) is 0. The van der Waals surface area contributed by atoms with Crippen LogP contribution >= 0.6 is 0 Å². The van der Waals surface area contributed by atoms with Crippen molar-refractivity contribution in [3.63, 3.8) is 0 Å². The summed E-state index contributed by atoms with van der Waals surface area (Å²) in [5, 5.41) is 3.78. The van der Waals surface area contributed by atoms with E-state index in [0.29, 0.717) is 0 Å². The molecule has 0 aliphatic carbocycles. The van der Waals surface area contributed by atoms with E-state index in [1.54, 1.807) is 17.8 Å². The van der Waals surface area contributed by atoms with E-state index in [4.69, 9.17) is 0 Å². The zero-order valence-corrected chi connectivity index (χ0v) is 5.46. The summed E-state index contributed by atoms with van der Waals surface area (Å²) in [7, 11) is 1.80. The molecule has 1 aromatic heterocycles. The number of nitrogens with zero attached hydrogens (tertiary/aromatic N) is 2. The van der Waals surface area contributed by atoms with Gasteiger partial charge >= 0.3 is 0 Å². The highest BCUT2D eigenvalue weighted by molar-refractivity contribution is 4.97. The molecule has 9 heavy (non-hydrogen) atoms. The second-order valence-electron chi connectivity index (χ2n) is 1.96. The topological polar surface area (TPSA) is 34.9 Å². The van der Waals surface area contributed by atoms with Gasteiger partial charge in [0.05, 0.1) is 6.20 Å². The minimum Gasteiger partial charge on any atom is -0.288 e. The molecule has 0 radical (unpaired) electrons. The van der Waals surface area contributed by atoms with Crippen LogP contribution in [0.1, 0.15) is 5.69 Å². The van der Waals surface area contributed by atoms with E-state index in [1.807, 2.05) is 6.92 Å². The highest BCUT2D eigenvalue weighted by Gasteiger charge is 1.88. The Morgan fingerprint density at radius 3 is 2.78 bits per heavy atom. The summed E-state index contributed by atoms with van der Waals surface area (Å²) in [6, 6.07) is 1.55. The predicted molar refractivity (Wildman–Crippen MR) is 34.2 cm³/mol. The Morgan fingerprint density at radius 1 is 1.67 bits per heavy atom. The van der Waals surface area contributed by atoms with Crippen LogP contribution in [0, 0.1) is 6.92 Å². The molecule has 1 rings (SSSR count). The van der Waals surface area contributed by atoms with Gasteiger partial charge in [-0.15, -0.1) is 0 Å². The van der Waals surface area contributed by atoms with Gasteiger partial charge in [0, 0.05) is 18.8 Å². The third-order valence-corrected chi connectivity index (χ3v) is 1.22. The van der Waals surface area contributed by atoms with Gasteiger partial charge in [0.2, 0.25) is 0 Å². The molecule has 0 saturated heterocycles. The van der Waals surface area contributed by atoms with E-state index < -0.39 is 0 Å². The molecule has 0 spiro atoms. The Hall–Kier alpha value is -1.12. The fourth-order valence-corrected chi connectivity index (χ4v) is 0.571. The first kappa shape index (κ1) is 6.01. The van der Waals surface area contributed by atoms with E-state index >= 15 is 0 Å². The zero-order chi connectivity index (χ0) is 6.85. The highest BCUT2D eigenvalue weighted by atomic mass is 16.1. The zero-order valence-electron chi connectivity index (χ0n) is 5.46. The Bertz CT molecular complexity index is 264.